The lowest BCUT2D eigenvalue weighted by atomic mass is 10.1. The summed E-state index contributed by atoms with van der Waals surface area (Å²) in [4.78, 5) is 30.4. The molecule has 29 heavy (non-hydrogen) atoms. The maximum Gasteiger partial charge on any atom is 0.258 e. The van der Waals surface area contributed by atoms with E-state index in [4.69, 9.17) is 4.52 Å². The van der Waals surface area contributed by atoms with Crippen molar-refractivity contribution in [2.45, 2.75) is 13.8 Å². The molecule has 0 N–H and O–H groups in total. The number of hydrogen-bond donors (Lipinski definition) is 0. The van der Waals surface area contributed by atoms with Crippen LogP contribution in [0.2, 0.25) is 0 Å². The molecule has 0 aromatic carbocycles. The lowest BCUT2D eigenvalue weighted by Gasteiger charge is -2.35. The highest BCUT2D eigenvalue weighted by molar-refractivity contribution is 6.06. The molecule has 0 aliphatic carbocycles. The van der Waals surface area contributed by atoms with Crippen molar-refractivity contribution in [1.29, 1.82) is 0 Å². The lowest BCUT2D eigenvalue weighted by Crippen LogP contribution is -2.49. The van der Waals surface area contributed by atoms with Crippen molar-refractivity contribution in [3.8, 4) is 0 Å². The minimum atomic E-state index is -0.0272. The summed E-state index contributed by atoms with van der Waals surface area (Å²) in [6, 6.07) is 1.81. The number of hydrogen-bond acceptors (Lipinski definition) is 8. The van der Waals surface area contributed by atoms with Gasteiger partial charge in [-0.05, 0) is 19.9 Å². The Balaban J connectivity index is 1.40. The second kappa shape index (κ2) is 6.50. The van der Waals surface area contributed by atoms with Gasteiger partial charge in [-0.2, -0.15) is 5.10 Å². The van der Waals surface area contributed by atoms with Crippen LogP contribution in [0.15, 0.2) is 23.1 Å². The van der Waals surface area contributed by atoms with Gasteiger partial charge in [0.1, 0.15) is 12.1 Å². The van der Waals surface area contributed by atoms with Crippen LogP contribution in [0.5, 0.6) is 0 Å². The molecule has 10 nitrogen and oxygen atoms in total. The molecular formula is C19H20N8O2. The van der Waals surface area contributed by atoms with Crippen molar-refractivity contribution >= 4 is 33.9 Å². The number of nitrogens with zero attached hydrogens (tertiary/aromatic N) is 8. The van der Waals surface area contributed by atoms with E-state index in [0.717, 1.165) is 22.5 Å². The Labute approximate surface area is 166 Å². The third-order valence-corrected chi connectivity index (χ3v) is 5.35. The van der Waals surface area contributed by atoms with E-state index in [-0.39, 0.29) is 5.91 Å². The average Bonchev–Trinajstić information content (AvgIpc) is 3.30. The fourth-order valence-electron chi connectivity index (χ4n) is 3.88. The molecule has 1 fully saturated rings. The van der Waals surface area contributed by atoms with Gasteiger partial charge >= 0.3 is 0 Å². The fourth-order valence-corrected chi connectivity index (χ4v) is 3.88. The third kappa shape index (κ3) is 2.79. The maximum absolute atomic E-state index is 13.2. The molecule has 0 atom stereocenters. The third-order valence-electron chi connectivity index (χ3n) is 5.35. The minimum absolute atomic E-state index is 0.0272. The second-order valence-electron chi connectivity index (χ2n) is 7.24. The van der Waals surface area contributed by atoms with E-state index >= 15 is 0 Å². The van der Waals surface area contributed by atoms with Gasteiger partial charge in [0, 0.05) is 38.9 Å². The number of carbonyl (C=O) groups is 1. The molecule has 4 aromatic heterocycles. The monoisotopic (exact) mass is 392 g/mol. The molecule has 5 heterocycles. The van der Waals surface area contributed by atoms with Crippen LogP contribution in [-0.2, 0) is 7.05 Å². The van der Waals surface area contributed by atoms with Crippen molar-refractivity contribution in [2.24, 2.45) is 7.05 Å². The van der Waals surface area contributed by atoms with Crippen molar-refractivity contribution in [2.75, 3.05) is 31.1 Å². The number of anilines is 1. The quantitative estimate of drug-likeness (QED) is 0.505. The number of carbonyl (C=O) groups excluding carboxylic acids is 1. The van der Waals surface area contributed by atoms with E-state index < -0.39 is 0 Å². The summed E-state index contributed by atoms with van der Waals surface area (Å²) in [6.07, 6.45) is 3.34. The number of amides is 1. The SMILES string of the molecule is Cc1cc(C(=O)N2CCN(c3ncnc4c3cnn4C)CC2)c2c(C)noc2n1. The molecule has 1 saturated heterocycles. The first-order chi connectivity index (χ1) is 14.0. The predicted molar refractivity (Wildman–Crippen MR) is 106 cm³/mol. The van der Waals surface area contributed by atoms with E-state index in [1.165, 1.54) is 0 Å². The zero-order chi connectivity index (χ0) is 20.1. The van der Waals surface area contributed by atoms with Crippen LogP contribution < -0.4 is 4.90 Å². The molecule has 0 radical (unpaired) electrons. The first-order valence-electron chi connectivity index (χ1n) is 9.43. The first kappa shape index (κ1) is 17.5. The van der Waals surface area contributed by atoms with Gasteiger partial charge in [0.05, 0.1) is 28.2 Å². The largest absolute Gasteiger partial charge is 0.352 e. The second-order valence-corrected chi connectivity index (χ2v) is 7.24. The number of rotatable bonds is 2. The Morgan fingerprint density at radius 2 is 1.93 bits per heavy atom. The van der Waals surface area contributed by atoms with Gasteiger partial charge in [0.25, 0.3) is 11.6 Å². The molecule has 5 rings (SSSR count). The van der Waals surface area contributed by atoms with Crippen molar-refractivity contribution in [3.05, 3.63) is 35.5 Å². The van der Waals surface area contributed by atoms with E-state index in [9.17, 15) is 4.79 Å². The van der Waals surface area contributed by atoms with Crippen LogP contribution in [0.25, 0.3) is 22.1 Å². The highest BCUT2D eigenvalue weighted by Gasteiger charge is 2.27. The van der Waals surface area contributed by atoms with E-state index in [0.29, 0.717) is 48.5 Å². The van der Waals surface area contributed by atoms with Gasteiger partial charge in [0.15, 0.2) is 5.65 Å². The molecule has 1 aliphatic heterocycles. The summed E-state index contributed by atoms with van der Waals surface area (Å²) in [7, 11) is 1.86. The normalized spacial score (nSPS) is 14.9. The summed E-state index contributed by atoms with van der Waals surface area (Å²) < 4.78 is 7.00. The molecule has 10 heteroatoms. The summed E-state index contributed by atoms with van der Waals surface area (Å²) in [5, 5.41) is 9.85. The fraction of sp³-hybridized carbons (Fsp3) is 0.368. The molecule has 148 valence electrons. The summed E-state index contributed by atoms with van der Waals surface area (Å²) in [5.74, 6) is 0.827. The maximum atomic E-state index is 13.2. The highest BCUT2D eigenvalue weighted by atomic mass is 16.5. The number of fused-ring (bicyclic) bond motifs is 2. The Kier molecular flexibility index (Phi) is 3.93. The summed E-state index contributed by atoms with van der Waals surface area (Å²) in [6.45, 7) is 6.23. The summed E-state index contributed by atoms with van der Waals surface area (Å²) in [5.41, 5.74) is 3.21. The molecule has 4 aromatic rings. The van der Waals surface area contributed by atoms with E-state index in [1.807, 2.05) is 31.9 Å². The van der Waals surface area contributed by atoms with Crippen LogP contribution in [-0.4, -0.2) is 66.9 Å². The van der Waals surface area contributed by atoms with Crippen LogP contribution >= 0.6 is 0 Å². The lowest BCUT2D eigenvalue weighted by molar-refractivity contribution is 0.0748. The van der Waals surface area contributed by atoms with Gasteiger partial charge in [0.2, 0.25) is 0 Å². The molecule has 0 unspecified atom stereocenters. The van der Waals surface area contributed by atoms with Crippen molar-refractivity contribution in [1.82, 2.24) is 34.8 Å². The molecular weight excluding hydrogens is 372 g/mol. The van der Waals surface area contributed by atoms with Gasteiger partial charge in [-0.25, -0.2) is 15.0 Å². The number of pyridine rings is 1. The first-order valence-corrected chi connectivity index (χ1v) is 9.43. The summed E-state index contributed by atoms with van der Waals surface area (Å²) >= 11 is 0. The van der Waals surface area contributed by atoms with Crippen molar-refractivity contribution < 1.29 is 9.32 Å². The van der Waals surface area contributed by atoms with Crippen LogP contribution in [0.1, 0.15) is 21.7 Å². The topological polar surface area (TPSA) is 106 Å². The Morgan fingerprint density at radius 3 is 2.72 bits per heavy atom. The Bertz CT molecular complexity index is 1240. The zero-order valence-electron chi connectivity index (χ0n) is 16.5. The Hall–Kier alpha value is -3.56. The Morgan fingerprint density at radius 1 is 1.14 bits per heavy atom. The number of aryl methyl sites for hydroxylation is 3. The molecule has 1 aliphatic rings. The van der Waals surface area contributed by atoms with E-state index in [1.54, 1.807) is 17.2 Å². The van der Waals surface area contributed by atoms with Crippen molar-refractivity contribution in [3.63, 3.8) is 0 Å². The van der Waals surface area contributed by atoms with Crippen LogP contribution in [0.4, 0.5) is 5.82 Å². The highest BCUT2D eigenvalue weighted by Crippen LogP contribution is 2.26. The predicted octanol–water partition coefficient (Wildman–Crippen LogP) is 1.48. The van der Waals surface area contributed by atoms with Gasteiger partial charge in [-0.15, -0.1) is 0 Å². The standard InChI is InChI=1S/C19H20N8O2/c1-11-8-13(15-12(2)24-29-18(15)23-11)19(28)27-6-4-26(5-7-27)17-14-9-22-25(3)16(14)20-10-21-17/h8-10H,4-7H2,1-3H3. The smallest absolute Gasteiger partial charge is 0.258 e. The number of aromatic nitrogens is 6. The molecule has 0 saturated carbocycles. The van der Waals surface area contributed by atoms with Gasteiger partial charge in [-0.3, -0.25) is 9.48 Å². The minimum Gasteiger partial charge on any atom is -0.352 e. The van der Waals surface area contributed by atoms with Crippen LogP contribution in [0, 0.1) is 13.8 Å². The molecule has 1 amide bonds. The molecule has 0 bridgehead atoms. The van der Waals surface area contributed by atoms with E-state index in [2.05, 4.69) is 30.1 Å². The van der Waals surface area contributed by atoms with Gasteiger partial charge < -0.3 is 14.3 Å². The van der Waals surface area contributed by atoms with Gasteiger partial charge in [-0.1, -0.05) is 5.16 Å². The zero-order valence-corrected chi connectivity index (χ0v) is 16.5. The molecule has 0 spiro atoms. The van der Waals surface area contributed by atoms with Crippen LogP contribution in [0.3, 0.4) is 0 Å². The average molecular weight is 392 g/mol. The number of piperazine rings is 1.